The van der Waals surface area contributed by atoms with Crippen LogP contribution in [-0.4, -0.2) is 34.9 Å². The zero-order chi connectivity index (χ0) is 23.8. The van der Waals surface area contributed by atoms with E-state index in [4.69, 9.17) is 9.47 Å². The molecule has 34 heavy (non-hydrogen) atoms. The first-order chi connectivity index (χ1) is 16.6. The Labute approximate surface area is 198 Å². The summed E-state index contributed by atoms with van der Waals surface area (Å²) >= 11 is 0. The number of rotatable bonds is 10. The fourth-order valence-electron chi connectivity index (χ4n) is 3.37. The van der Waals surface area contributed by atoms with Gasteiger partial charge in [-0.05, 0) is 41.0 Å². The largest absolute Gasteiger partial charge is 0.497 e. The van der Waals surface area contributed by atoms with E-state index < -0.39 is 0 Å². The molecule has 1 heterocycles. The molecular weight excluding hydrogens is 430 g/mol. The van der Waals surface area contributed by atoms with Crippen LogP contribution in [0.5, 0.6) is 11.5 Å². The molecule has 3 aromatic carbocycles. The first-order valence-corrected chi connectivity index (χ1v) is 10.9. The summed E-state index contributed by atoms with van der Waals surface area (Å²) in [4.78, 5) is 17.6. The molecule has 0 aliphatic carbocycles. The molecule has 0 bridgehead atoms. The number of methoxy groups -OCH3 is 2. The van der Waals surface area contributed by atoms with Gasteiger partial charge in [0.15, 0.2) is 0 Å². The predicted octanol–water partition coefficient (Wildman–Crippen LogP) is 4.40. The third-order valence-electron chi connectivity index (χ3n) is 5.26. The summed E-state index contributed by atoms with van der Waals surface area (Å²) in [6, 6.07) is 25.0. The smallest absolute Gasteiger partial charge is 0.254 e. The van der Waals surface area contributed by atoms with Crippen LogP contribution in [0.1, 0.15) is 21.5 Å². The van der Waals surface area contributed by atoms with Crippen LogP contribution in [-0.2, 0) is 19.5 Å². The number of aromatic nitrogens is 3. The second kappa shape index (κ2) is 11.0. The summed E-state index contributed by atoms with van der Waals surface area (Å²) in [5.41, 5.74) is 2.98. The fraction of sp³-hybridized carbons (Fsp3) is 0.192. The maximum Gasteiger partial charge on any atom is 0.254 e. The van der Waals surface area contributed by atoms with Crippen molar-refractivity contribution in [1.29, 1.82) is 0 Å². The summed E-state index contributed by atoms with van der Waals surface area (Å²) in [6.45, 7) is 0.998. The molecule has 0 fully saturated rings. The van der Waals surface area contributed by atoms with Crippen molar-refractivity contribution in [3.8, 4) is 11.5 Å². The molecule has 8 heteroatoms. The van der Waals surface area contributed by atoms with Gasteiger partial charge in [0.1, 0.15) is 11.5 Å². The van der Waals surface area contributed by atoms with E-state index in [1.54, 1.807) is 14.2 Å². The third-order valence-corrected chi connectivity index (χ3v) is 5.26. The van der Waals surface area contributed by atoms with Crippen LogP contribution in [0, 0.1) is 0 Å². The summed E-state index contributed by atoms with van der Waals surface area (Å²) in [6.07, 6.45) is 0.222. The predicted molar refractivity (Wildman–Crippen MR) is 131 cm³/mol. The third kappa shape index (κ3) is 5.92. The Balaban J connectivity index is 1.50. The van der Waals surface area contributed by atoms with Crippen LogP contribution in [0.25, 0.3) is 0 Å². The van der Waals surface area contributed by atoms with E-state index in [-0.39, 0.29) is 12.3 Å². The maximum atomic E-state index is 13.1. The summed E-state index contributed by atoms with van der Waals surface area (Å²) in [5, 5.41) is 10.9. The molecule has 0 aliphatic heterocycles. The van der Waals surface area contributed by atoms with E-state index in [1.807, 2.05) is 78.9 Å². The first-order valence-electron chi connectivity index (χ1n) is 10.9. The van der Waals surface area contributed by atoms with E-state index in [2.05, 4.69) is 20.7 Å². The van der Waals surface area contributed by atoms with Crippen molar-refractivity contribution in [2.24, 2.45) is 0 Å². The standard InChI is InChI=1S/C26H27N5O3/c1-33-22-12-8-20(9-13-22)17-27-25-29-26(28-18-21-10-14-23(34-2)15-11-21)31(30-25)24(32)16-19-6-4-3-5-7-19/h3-15H,16-18H2,1-2H3,(H2,27,28,29,30). The molecule has 8 nitrogen and oxygen atoms in total. The number of benzene rings is 3. The monoisotopic (exact) mass is 457 g/mol. The van der Waals surface area contributed by atoms with Crippen LogP contribution >= 0.6 is 0 Å². The Bertz CT molecular complexity index is 1210. The van der Waals surface area contributed by atoms with E-state index in [1.165, 1.54) is 4.68 Å². The van der Waals surface area contributed by atoms with Gasteiger partial charge < -0.3 is 20.1 Å². The van der Waals surface area contributed by atoms with Crippen molar-refractivity contribution in [2.75, 3.05) is 24.9 Å². The quantitative estimate of drug-likeness (QED) is 0.365. The topological polar surface area (TPSA) is 90.3 Å². The summed E-state index contributed by atoms with van der Waals surface area (Å²) in [5.74, 6) is 2.16. The number of anilines is 2. The van der Waals surface area contributed by atoms with Gasteiger partial charge in [0.25, 0.3) is 5.91 Å². The minimum absolute atomic E-state index is 0.173. The highest BCUT2D eigenvalue weighted by atomic mass is 16.5. The molecule has 1 aromatic heterocycles. The molecule has 2 N–H and O–H groups in total. The first kappa shape index (κ1) is 22.8. The van der Waals surface area contributed by atoms with Gasteiger partial charge in [-0.1, -0.05) is 54.6 Å². The molecule has 0 radical (unpaired) electrons. The van der Waals surface area contributed by atoms with Gasteiger partial charge in [0.05, 0.1) is 20.6 Å². The van der Waals surface area contributed by atoms with E-state index in [0.717, 1.165) is 28.2 Å². The molecule has 4 aromatic rings. The number of hydrogen-bond donors (Lipinski definition) is 2. The zero-order valence-electron chi connectivity index (χ0n) is 19.2. The highest BCUT2D eigenvalue weighted by Gasteiger charge is 2.17. The Kier molecular flexibility index (Phi) is 7.39. The Morgan fingerprint density at radius 2 is 1.32 bits per heavy atom. The van der Waals surface area contributed by atoms with Crippen LogP contribution in [0.4, 0.5) is 11.9 Å². The van der Waals surface area contributed by atoms with Crippen molar-refractivity contribution >= 4 is 17.8 Å². The van der Waals surface area contributed by atoms with E-state index in [0.29, 0.717) is 25.0 Å². The molecule has 0 spiro atoms. The minimum Gasteiger partial charge on any atom is -0.497 e. The highest BCUT2D eigenvalue weighted by molar-refractivity contribution is 5.83. The molecule has 4 rings (SSSR count). The van der Waals surface area contributed by atoms with Crippen LogP contribution in [0.15, 0.2) is 78.9 Å². The van der Waals surface area contributed by atoms with Gasteiger partial charge in [-0.15, -0.1) is 5.10 Å². The van der Waals surface area contributed by atoms with Gasteiger partial charge >= 0.3 is 0 Å². The number of ether oxygens (including phenoxy) is 2. The van der Waals surface area contributed by atoms with Crippen molar-refractivity contribution in [3.63, 3.8) is 0 Å². The highest BCUT2D eigenvalue weighted by Crippen LogP contribution is 2.17. The number of carbonyl (C=O) groups excluding carboxylic acids is 1. The molecule has 0 unspecified atom stereocenters. The van der Waals surface area contributed by atoms with Gasteiger partial charge in [-0.25, -0.2) is 0 Å². The molecule has 0 saturated heterocycles. The molecule has 0 atom stereocenters. The number of carbonyl (C=O) groups is 1. The Hall–Kier alpha value is -4.33. The van der Waals surface area contributed by atoms with Crippen molar-refractivity contribution in [1.82, 2.24) is 14.8 Å². The lowest BCUT2D eigenvalue weighted by Crippen LogP contribution is -2.18. The number of nitrogens with one attached hydrogen (secondary N) is 2. The Morgan fingerprint density at radius 1 is 0.765 bits per heavy atom. The fourth-order valence-corrected chi connectivity index (χ4v) is 3.37. The molecule has 0 amide bonds. The molecule has 0 saturated carbocycles. The molecule has 174 valence electrons. The van der Waals surface area contributed by atoms with Gasteiger partial charge in [-0.2, -0.15) is 9.67 Å². The lowest BCUT2D eigenvalue weighted by molar-refractivity contribution is 0.0901. The van der Waals surface area contributed by atoms with Crippen molar-refractivity contribution < 1.29 is 14.3 Å². The number of nitrogens with zero attached hydrogens (tertiary/aromatic N) is 3. The second-order valence-corrected chi connectivity index (χ2v) is 7.63. The Morgan fingerprint density at radius 3 is 1.88 bits per heavy atom. The van der Waals surface area contributed by atoms with Gasteiger partial charge in [0.2, 0.25) is 11.9 Å². The minimum atomic E-state index is -0.173. The van der Waals surface area contributed by atoms with E-state index in [9.17, 15) is 4.79 Å². The van der Waals surface area contributed by atoms with Crippen LogP contribution in [0.3, 0.4) is 0 Å². The summed E-state index contributed by atoms with van der Waals surface area (Å²) < 4.78 is 11.7. The lowest BCUT2D eigenvalue weighted by Gasteiger charge is -2.08. The van der Waals surface area contributed by atoms with Crippen molar-refractivity contribution in [2.45, 2.75) is 19.5 Å². The van der Waals surface area contributed by atoms with Crippen molar-refractivity contribution in [3.05, 3.63) is 95.6 Å². The normalized spacial score (nSPS) is 10.5. The zero-order valence-corrected chi connectivity index (χ0v) is 19.2. The SMILES string of the molecule is COc1ccc(CNc2nc(NCc3ccc(OC)cc3)n(C(=O)Cc3ccccc3)n2)cc1. The van der Waals surface area contributed by atoms with Gasteiger partial charge in [0, 0.05) is 13.1 Å². The maximum absolute atomic E-state index is 13.1. The molecular formula is C26H27N5O3. The van der Waals surface area contributed by atoms with E-state index >= 15 is 0 Å². The average Bonchev–Trinajstić information content (AvgIpc) is 3.31. The number of hydrogen-bond acceptors (Lipinski definition) is 7. The lowest BCUT2D eigenvalue weighted by atomic mass is 10.1. The van der Waals surface area contributed by atoms with Crippen LogP contribution in [0.2, 0.25) is 0 Å². The van der Waals surface area contributed by atoms with Crippen LogP contribution < -0.4 is 20.1 Å². The molecule has 0 aliphatic rings. The van der Waals surface area contributed by atoms with Gasteiger partial charge in [-0.3, -0.25) is 4.79 Å². The second-order valence-electron chi connectivity index (χ2n) is 7.63. The average molecular weight is 458 g/mol. The summed E-state index contributed by atoms with van der Waals surface area (Å²) in [7, 11) is 3.27.